The first-order chi connectivity index (χ1) is 9.08. The van der Waals surface area contributed by atoms with Crippen molar-refractivity contribution in [1.82, 2.24) is 0 Å². The van der Waals surface area contributed by atoms with Gasteiger partial charge in [0.05, 0.1) is 17.5 Å². The number of nitrogens with two attached hydrogens (primary N) is 1. The lowest BCUT2D eigenvalue weighted by Gasteiger charge is -2.34. The number of amides is 1. The fraction of sp³-hybridized carbons (Fsp3) is 0.500. The van der Waals surface area contributed by atoms with Crippen molar-refractivity contribution in [2.45, 2.75) is 32.3 Å². The van der Waals surface area contributed by atoms with E-state index in [0.717, 1.165) is 19.4 Å². The Morgan fingerprint density at radius 2 is 2.26 bits per heavy atom. The minimum absolute atomic E-state index is 0.0441. The van der Waals surface area contributed by atoms with Crippen molar-refractivity contribution in [2.24, 2.45) is 5.92 Å². The molecule has 1 saturated carbocycles. The number of phenolic OH excluding ortho intramolecular Hbond substituents is 1. The van der Waals surface area contributed by atoms with Crippen molar-refractivity contribution in [1.29, 1.82) is 0 Å². The summed E-state index contributed by atoms with van der Waals surface area (Å²) < 4.78 is 5.46. The van der Waals surface area contributed by atoms with E-state index in [4.69, 9.17) is 10.5 Å². The van der Waals surface area contributed by atoms with E-state index in [1.165, 1.54) is 12.1 Å². The van der Waals surface area contributed by atoms with E-state index in [1.54, 1.807) is 6.07 Å². The van der Waals surface area contributed by atoms with Crippen LogP contribution in [-0.4, -0.2) is 23.7 Å². The van der Waals surface area contributed by atoms with Crippen molar-refractivity contribution in [3.8, 4) is 5.75 Å². The third-order valence-electron chi connectivity index (χ3n) is 3.38. The van der Waals surface area contributed by atoms with Gasteiger partial charge in [0.2, 0.25) is 5.91 Å². The molecule has 5 nitrogen and oxygen atoms in total. The van der Waals surface area contributed by atoms with Crippen molar-refractivity contribution < 1.29 is 14.6 Å². The van der Waals surface area contributed by atoms with Crippen LogP contribution in [0.25, 0.3) is 0 Å². The number of aromatic hydroxyl groups is 1. The molecule has 0 spiro atoms. The average molecular weight is 264 g/mol. The van der Waals surface area contributed by atoms with Crippen LogP contribution < -0.4 is 11.1 Å². The summed E-state index contributed by atoms with van der Waals surface area (Å²) in [5.41, 5.74) is 6.63. The zero-order valence-electron chi connectivity index (χ0n) is 11.1. The normalized spacial score (nSPS) is 21.7. The molecular formula is C14H20N2O3. The molecule has 0 atom stereocenters. The number of hydrogen-bond donors (Lipinski definition) is 3. The second kappa shape index (κ2) is 5.93. The van der Waals surface area contributed by atoms with Crippen LogP contribution in [0.1, 0.15) is 26.2 Å². The Morgan fingerprint density at radius 3 is 2.89 bits per heavy atom. The number of carbonyl (C=O) groups is 1. The highest BCUT2D eigenvalue weighted by Gasteiger charge is 2.31. The molecule has 1 aromatic carbocycles. The first kappa shape index (κ1) is 13.7. The van der Waals surface area contributed by atoms with Crippen LogP contribution in [0.4, 0.5) is 11.4 Å². The zero-order valence-corrected chi connectivity index (χ0v) is 11.1. The van der Waals surface area contributed by atoms with Gasteiger partial charge in [-0.15, -0.1) is 0 Å². The number of benzene rings is 1. The second-order valence-corrected chi connectivity index (χ2v) is 4.94. The highest BCUT2D eigenvalue weighted by atomic mass is 16.5. The van der Waals surface area contributed by atoms with E-state index < -0.39 is 0 Å². The number of nitrogen functional groups attached to an aromatic ring is 1. The van der Waals surface area contributed by atoms with E-state index >= 15 is 0 Å². The molecule has 19 heavy (non-hydrogen) atoms. The Kier molecular flexibility index (Phi) is 4.27. The maximum atomic E-state index is 11.8. The number of ether oxygens (including phenoxy) is 1. The smallest absolute Gasteiger partial charge is 0.224 e. The summed E-state index contributed by atoms with van der Waals surface area (Å²) in [6.07, 6.45) is 2.71. The maximum absolute atomic E-state index is 11.8. The van der Waals surface area contributed by atoms with Gasteiger partial charge in [0.1, 0.15) is 5.75 Å². The summed E-state index contributed by atoms with van der Waals surface area (Å²) in [5.74, 6) is 0.446. The van der Waals surface area contributed by atoms with Gasteiger partial charge in [-0.2, -0.15) is 0 Å². The predicted octanol–water partition coefficient (Wildman–Crippen LogP) is 2.12. The van der Waals surface area contributed by atoms with Gasteiger partial charge in [-0.05, 0) is 37.8 Å². The first-order valence-corrected chi connectivity index (χ1v) is 6.58. The second-order valence-electron chi connectivity index (χ2n) is 4.94. The molecule has 1 aromatic rings. The van der Waals surface area contributed by atoms with Crippen LogP contribution in [0.5, 0.6) is 5.75 Å². The zero-order chi connectivity index (χ0) is 13.8. The highest BCUT2D eigenvalue weighted by Crippen LogP contribution is 2.33. The largest absolute Gasteiger partial charge is 0.508 e. The molecule has 1 amide bonds. The summed E-state index contributed by atoms with van der Waals surface area (Å²) in [6, 6.07) is 4.52. The van der Waals surface area contributed by atoms with E-state index in [2.05, 4.69) is 5.32 Å². The van der Waals surface area contributed by atoms with Crippen molar-refractivity contribution in [2.75, 3.05) is 17.7 Å². The summed E-state index contributed by atoms with van der Waals surface area (Å²) in [4.78, 5) is 11.8. The van der Waals surface area contributed by atoms with Crippen LogP contribution in [0.15, 0.2) is 18.2 Å². The Balaban J connectivity index is 1.79. The molecule has 2 rings (SSSR count). The van der Waals surface area contributed by atoms with E-state index in [1.807, 2.05) is 6.92 Å². The molecule has 0 heterocycles. The molecule has 0 saturated heterocycles. The minimum atomic E-state index is -0.0441. The molecular weight excluding hydrogens is 244 g/mol. The third-order valence-corrected chi connectivity index (χ3v) is 3.38. The van der Waals surface area contributed by atoms with Crippen molar-refractivity contribution >= 4 is 17.3 Å². The van der Waals surface area contributed by atoms with Gasteiger partial charge in [0.25, 0.3) is 0 Å². The Bertz CT molecular complexity index is 456. The molecule has 0 unspecified atom stereocenters. The topological polar surface area (TPSA) is 84.6 Å². The molecule has 0 aromatic heterocycles. The van der Waals surface area contributed by atoms with E-state index in [-0.39, 0.29) is 11.7 Å². The maximum Gasteiger partial charge on any atom is 0.224 e. The Morgan fingerprint density at radius 1 is 1.53 bits per heavy atom. The summed E-state index contributed by atoms with van der Waals surface area (Å²) in [7, 11) is 0. The van der Waals surface area contributed by atoms with Gasteiger partial charge in [-0.3, -0.25) is 4.79 Å². The number of carbonyl (C=O) groups excluding carboxylic acids is 1. The van der Waals surface area contributed by atoms with Gasteiger partial charge >= 0.3 is 0 Å². The summed E-state index contributed by atoms with van der Waals surface area (Å²) in [6.45, 7) is 2.71. The number of phenols is 1. The van der Waals surface area contributed by atoms with Gasteiger partial charge in [0, 0.05) is 19.1 Å². The highest BCUT2D eigenvalue weighted by molar-refractivity contribution is 5.94. The molecule has 5 heteroatoms. The number of anilines is 2. The van der Waals surface area contributed by atoms with E-state index in [9.17, 15) is 9.90 Å². The third kappa shape index (κ3) is 3.61. The van der Waals surface area contributed by atoms with Crippen LogP contribution in [0.3, 0.4) is 0 Å². The molecule has 4 N–H and O–H groups in total. The molecule has 0 radical (unpaired) electrons. The fourth-order valence-corrected chi connectivity index (χ4v) is 2.34. The standard InChI is InChI=1S/C14H20N2O3/c1-2-19-11-5-9(6-11)7-14(18)16-13-4-3-10(17)8-12(13)15/h3-4,8-9,11,17H,2,5-7,15H2,1H3,(H,16,18). The van der Waals surface area contributed by atoms with Gasteiger partial charge in [-0.25, -0.2) is 0 Å². The van der Waals surface area contributed by atoms with Crippen molar-refractivity contribution in [3.05, 3.63) is 18.2 Å². The Labute approximate surface area is 112 Å². The fourth-order valence-electron chi connectivity index (χ4n) is 2.34. The number of rotatable bonds is 5. The molecule has 1 aliphatic carbocycles. The van der Waals surface area contributed by atoms with Crippen LogP contribution in [0.2, 0.25) is 0 Å². The average Bonchev–Trinajstić information content (AvgIpc) is 2.30. The molecule has 0 aliphatic heterocycles. The van der Waals surface area contributed by atoms with Crippen LogP contribution >= 0.6 is 0 Å². The monoisotopic (exact) mass is 264 g/mol. The van der Waals surface area contributed by atoms with Gasteiger partial charge < -0.3 is 20.9 Å². The molecule has 1 aliphatic rings. The predicted molar refractivity (Wildman–Crippen MR) is 73.9 cm³/mol. The molecule has 0 bridgehead atoms. The number of nitrogens with one attached hydrogen (secondary N) is 1. The number of hydrogen-bond acceptors (Lipinski definition) is 4. The summed E-state index contributed by atoms with van der Waals surface area (Å²) in [5, 5.41) is 12.0. The van der Waals surface area contributed by atoms with Crippen LogP contribution in [0, 0.1) is 5.92 Å². The molecule has 104 valence electrons. The summed E-state index contributed by atoms with van der Waals surface area (Å²) >= 11 is 0. The van der Waals surface area contributed by atoms with Gasteiger partial charge in [-0.1, -0.05) is 0 Å². The van der Waals surface area contributed by atoms with E-state index in [0.29, 0.717) is 29.8 Å². The molecule has 1 fully saturated rings. The van der Waals surface area contributed by atoms with Gasteiger partial charge in [0.15, 0.2) is 0 Å². The lowest BCUT2D eigenvalue weighted by Crippen LogP contribution is -2.33. The lowest BCUT2D eigenvalue weighted by atomic mass is 9.80. The first-order valence-electron chi connectivity index (χ1n) is 6.58. The Hall–Kier alpha value is -1.75. The van der Waals surface area contributed by atoms with Crippen molar-refractivity contribution in [3.63, 3.8) is 0 Å². The lowest BCUT2D eigenvalue weighted by molar-refractivity contribution is -0.119. The SMILES string of the molecule is CCOC1CC(CC(=O)Nc2ccc(O)cc2N)C1. The van der Waals surface area contributed by atoms with Crippen LogP contribution in [-0.2, 0) is 9.53 Å². The quantitative estimate of drug-likeness (QED) is 0.561. The minimum Gasteiger partial charge on any atom is -0.508 e.